The van der Waals surface area contributed by atoms with Gasteiger partial charge in [0.25, 0.3) is 0 Å². The maximum absolute atomic E-state index is 13.5. The van der Waals surface area contributed by atoms with Gasteiger partial charge in [0.15, 0.2) is 0 Å². The lowest BCUT2D eigenvalue weighted by atomic mass is 9.89. The molecule has 212 valence electrons. The first-order chi connectivity index (χ1) is 19.4. The maximum Gasteiger partial charge on any atom is 0.232 e. The van der Waals surface area contributed by atoms with Crippen LogP contribution in [0.5, 0.6) is 0 Å². The van der Waals surface area contributed by atoms with Crippen LogP contribution < -0.4 is 10.6 Å². The third-order valence-electron chi connectivity index (χ3n) is 7.61. The molecule has 0 atom stereocenters. The number of piperidine rings is 1. The number of rotatable bonds is 12. The van der Waals surface area contributed by atoms with Gasteiger partial charge in [-0.05, 0) is 104 Å². The minimum absolute atomic E-state index is 0.0718. The Balaban J connectivity index is 1.24. The number of halogens is 2. The van der Waals surface area contributed by atoms with Gasteiger partial charge in [-0.1, -0.05) is 49.7 Å². The van der Waals surface area contributed by atoms with Gasteiger partial charge in [-0.2, -0.15) is 0 Å². The predicted octanol–water partition coefficient (Wildman–Crippen LogP) is 6.61. The number of carbonyl (C=O) groups is 2. The zero-order valence-corrected chi connectivity index (χ0v) is 23.2. The predicted molar refractivity (Wildman–Crippen MR) is 155 cm³/mol. The Labute approximate surface area is 236 Å². The van der Waals surface area contributed by atoms with E-state index in [-0.39, 0.29) is 23.4 Å². The molecule has 0 spiro atoms. The Bertz CT molecular complexity index is 1190. The van der Waals surface area contributed by atoms with E-state index in [0.717, 1.165) is 57.4 Å². The van der Waals surface area contributed by atoms with Gasteiger partial charge < -0.3 is 15.5 Å². The Kier molecular flexibility index (Phi) is 10.8. The lowest BCUT2D eigenvalue weighted by Crippen LogP contribution is -2.36. The molecule has 1 saturated heterocycles. The molecule has 5 nitrogen and oxygen atoms in total. The van der Waals surface area contributed by atoms with E-state index in [1.807, 2.05) is 12.1 Å². The summed E-state index contributed by atoms with van der Waals surface area (Å²) in [6.45, 7) is 5.46. The smallest absolute Gasteiger partial charge is 0.232 e. The van der Waals surface area contributed by atoms with Crippen LogP contribution in [0.25, 0.3) is 0 Å². The quantitative estimate of drug-likeness (QED) is 0.251. The number of hydrogen-bond acceptors (Lipinski definition) is 3. The summed E-state index contributed by atoms with van der Waals surface area (Å²) in [7, 11) is 0. The van der Waals surface area contributed by atoms with E-state index in [4.69, 9.17) is 0 Å². The molecule has 7 heteroatoms. The first-order valence-electron chi connectivity index (χ1n) is 14.3. The highest BCUT2D eigenvalue weighted by Crippen LogP contribution is 2.30. The van der Waals surface area contributed by atoms with E-state index < -0.39 is 5.92 Å². The Morgan fingerprint density at radius 1 is 0.900 bits per heavy atom. The van der Waals surface area contributed by atoms with Gasteiger partial charge in [0.2, 0.25) is 11.8 Å². The number of anilines is 1. The number of unbranched alkanes of at least 4 members (excludes halogenated alkanes) is 1. The minimum atomic E-state index is -0.635. The van der Waals surface area contributed by atoms with Crippen molar-refractivity contribution in [3.63, 3.8) is 0 Å². The van der Waals surface area contributed by atoms with Crippen LogP contribution >= 0.6 is 0 Å². The monoisotopic (exact) mass is 547 g/mol. The Hall–Kier alpha value is -3.58. The van der Waals surface area contributed by atoms with Crippen LogP contribution in [-0.2, 0) is 9.59 Å². The molecule has 2 N–H and O–H groups in total. The highest BCUT2D eigenvalue weighted by Gasteiger charge is 2.24. The highest BCUT2D eigenvalue weighted by atomic mass is 19.1. The molecule has 0 aromatic heterocycles. The average molecular weight is 548 g/mol. The molecule has 4 rings (SSSR count). The molecule has 1 fully saturated rings. The molecular weight excluding hydrogens is 508 g/mol. The number of amides is 2. The molecule has 2 amide bonds. The fourth-order valence-corrected chi connectivity index (χ4v) is 5.34. The molecule has 1 aliphatic rings. The van der Waals surface area contributed by atoms with Crippen molar-refractivity contribution in [3.05, 3.63) is 101 Å². The summed E-state index contributed by atoms with van der Waals surface area (Å²) < 4.78 is 27.0. The minimum Gasteiger partial charge on any atom is -0.355 e. The van der Waals surface area contributed by atoms with Crippen LogP contribution in [0.3, 0.4) is 0 Å². The van der Waals surface area contributed by atoms with Gasteiger partial charge in [0.05, 0.1) is 5.92 Å². The second-order valence-electron chi connectivity index (χ2n) is 10.6. The topological polar surface area (TPSA) is 61.4 Å². The van der Waals surface area contributed by atoms with Gasteiger partial charge in [0, 0.05) is 18.7 Å². The lowest BCUT2D eigenvalue weighted by molar-refractivity contribution is -0.121. The molecule has 40 heavy (non-hydrogen) atoms. The molecule has 0 unspecified atom stereocenters. The zero-order valence-electron chi connectivity index (χ0n) is 23.2. The van der Waals surface area contributed by atoms with Gasteiger partial charge in [-0.3, -0.25) is 9.59 Å². The second-order valence-corrected chi connectivity index (χ2v) is 10.6. The van der Waals surface area contributed by atoms with E-state index in [0.29, 0.717) is 30.0 Å². The van der Waals surface area contributed by atoms with Crippen LogP contribution in [0.15, 0.2) is 72.8 Å². The van der Waals surface area contributed by atoms with Crippen molar-refractivity contribution in [2.75, 3.05) is 31.5 Å². The van der Waals surface area contributed by atoms with Crippen molar-refractivity contribution in [2.24, 2.45) is 0 Å². The largest absolute Gasteiger partial charge is 0.355 e. The van der Waals surface area contributed by atoms with Crippen molar-refractivity contribution < 1.29 is 18.4 Å². The first kappa shape index (κ1) is 29.4. The third kappa shape index (κ3) is 8.46. The summed E-state index contributed by atoms with van der Waals surface area (Å²) in [5.74, 6) is -1.01. The molecular formula is C33H39F2N3O2. The molecule has 0 radical (unpaired) electrons. The fourth-order valence-electron chi connectivity index (χ4n) is 5.34. The van der Waals surface area contributed by atoms with E-state index >= 15 is 0 Å². The van der Waals surface area contributed by atoms with Crippen molar-refractivity contribution in [2.45, 2.75) is 57.3 Å². The van der Waals surface area contributed by atoms with Gasteiger partial charge in [-0.25, -0.2) is 8.78 Å². The Morgan fingerprint density at radius 2 is 1.52 bits per heavy atom. The second kappa shape index (κ2) is 14.7. The summed E-state index contributed by atoms with van der Waals surface area (Å²) >= 11 is 0. The van der Waals surface area contributed by atoms with E-state index in [9.17, 15) is 18.4 Å². The number of likely N-dealkylation sites (tertiary alicyclic amines) is 1. The molecule has 1 heterocycles. The molecule has 3 aromatic rings. The van der Waals surface area contributed by atoms with E-state index in [1.54, 1.807) is 24.3 Å². The van der Waals surface area contributed by atoms with Crippen LogP contribution in [-0.4, -0.2) is 42.9 Å². The van der Waals surface area contributed by atoms with Crippen molar-refractivity contribution >= 4 is 17.5 Å². The zero-order chi connectivity index (χ0) is 28.3. The summed E-state index contributed by atoms with van der Waals surface area (Å²) in [5, 5.41) is 6.05. The molecule has 3 aromatic carbocycles. The lowest BCUT2D eigenvalue weighted by Gasteiger charge is -2.32. The van der Waals surface area contributed by atoms with Crippen molar-refractivity contribution in [1.29, 1.82) is 0 Å². The van der Waals surface area contributed by atoms with Gasteiger partial charge in [-0.15, -0.1) is 0 Å². The van der Waals surface area contributed by atoms with Gasteiger partial charge in [0.1, 0.15) is 11.6 Å². The maximum atomic E-state index is 13.5. The summed E-state index contributed by atoms with van der Waals surface area (Å²) in [4.78, 5) is 27.7. The number of nitrogens with zero attached hydrogens (tertiary/aromatic N) is 1. The normalized spacial score (nSPS) is 14.3. The Morgan fingerprint density at radius 3 is 2.12 bits per heavy atom. The average Bonchev–Trinajstić information content (AvgIpc) is 2.97. The van der Waals surface area contributed by atoms with Crippen LogP contribution in [0.1, 0.15) is 74.0 Å². The number of carbonyl (C=O) groups excluding carboxylic acids is 2. The van der Waals surface area contributed by atoms with E-state index in [2.05, 4.69) is 34.6 Å². The van der Waals surface area contributed by atoms with Crippen molar-refractivity contribution in [1.82, 2.24) is 10.2 Å². The molecule has 1 aliphatic heterocycles. The van der Waals surface area contributed by atoms with E-state index in [1.165, 1.54) is 29.8 Å². The standard InChI is InChI=1S/C33H39F2N3O2/c1-2-3-8-31(39)37-30-7-4-6-27(23-30)24-17-21-38(22-18-24)20-5-19-36-33(40)32(25-9-13-28(34)14-10-25)26-11-15-29(35)16-12-26/h4,6-7,9-16,23-24,32H,2-3,5,8,17-22H2,1H3,(H,36,40)(H,37,39). The SMILES string of the molecule is CCCCC(=O)Nc1cccc(C2CCN(CCCNC(=O)C(c3ccc(F)cc3)c3ccc(F)cc3)CC2)c1. The van der Waals surface area contributed by atoms with Crippen LogP contribution in [0.2, 0.25) is 0 Å². The number of benzene rings is 3. The molecule has 0 saturated carbocycles. The molecule has 0 bridgehead atoms. The fraction of sp³-hybridized carbons (Fsp3) is 0.394. The highest BCUT2D eigenvalue weighted by molar-refractivity contribution is 5.90. The number of nitrogens with one attached hydrogen (secondary N) is 2. The molecule has 0 aliphatic carbocycles. The van der Waals surface area contributed by atoms with Crippen molar-refractivity contribution in [3.8, 4) is 0 Å². The van der Waals surface area contributed by atoms with Crippen LogP contribution in [0, 0.1) is 11.6 Å². The summed E-state index contributed by atoms with van der Waals surface area (Å²) in [6.07, 6.45) is 5.38. The van der Waals surface area contributed by atoms with Crippen LogP contribution in [0.4, 0.5) is 14.5 Å². The third-order valence-corrected chi connectivity index (χ3v) is 7.61. The number of hydrogen-bond donors (Lipinski definition) is 2. The first-order valence-corrected chi connectivity index (χ1v) is 14.3. The summed E-state index contributed by atoms with van der Waals surface area (Å²) in [6, 6.07) is 20.0. The summed E-state index contributed by atoms with van der Waals surface area (Å²) in [5.41, 5.74) is 3.47. The van der Waals surface area contributed by atoms with Gasteiger partial charge >= 0.3 is 0 Å².